The van der Waals surface area contributed by atoms with E-state index in [0.29, 0.717) is 31.0 Å². The van der Waals surface area contributed by atoms with Crippen LogP contribution in [-0.2, 0) is 14.8 Å². The van der Waals surface area contributed by atoms with Gasteiger partial charge in [-0.1, -0.05) is 6.42 Å². The summed E-state index contributed by atoms with van der Waals surface area (Å²) in [5, 5.41) is 6.52. The SMILES string of the molecule is CN=C(NCCS(=O)(=O)NCC1CCC1)NC1CCN(CCOC)CC1.I. The maximum atomic E-state index is 12.0. The summed E-state index contributed by atoms with van der Waals surface area (Å²) in [6.07, 6.45) is 5.60. The van der Waals surface area contributed by atoms with Gasteiger partial charge in [-0.15, -0.1) is 24.0 Å². The van der Waals surface area contributed by atoms with Crippen molar-refractivity contribution in [3.8, 4) is 0 Å². The van der Waals surface area contributed by atoms with Gasteiger partial charge in [-0.2, -0.15) is 0 Å². The summed E-state index contributed by atoms with van der Waals surface area (Å²) < 4.78 is 31.9. The van der Waals surface area contributed by atoms with Crippen molar-refractivity contribution in [1.82, 2.24) is 20.3 Å². The van der Waals surface area contributed by atoms with Crippen LogP contribution in [-0.4, -0.2) is 84.6 Å². The van der Waals surface area contributed by atoms with Gasteiger partial charge < -0.3 is 20.3 Å². The molecule has 0 spiro atoms. The molecule has 1 aliphatic heterocycles. The van der Waals surface area contributed by atoms with Crippen LogP contribution in [0.25, 0.3) is 0 Å². The first-order valence-electron chi connectivity index (χ1n) is 9.68. The summed E-state index contributed by atoms with van der Waals surface area (Å²) in [5.41, 5.74) is 0. The van der Waals surface area contributed by atoms with Crippen molar-refractivity contribution in [3.63, 3.8) is 0 Å². The lowest BCUT2D eigenvalue weighted by Gasteiger charge is -2.32. The number of hydrogen-bond acceptors (Lipinski definition) is 5. The molecule has 3 N–H and O–H groups in total. The van der Waals surface area contributed by atoms with Crippen LogP contribution in [0.5, 0.6) is 0 Å². The van der Waals surface area contributed by atoms with Crippen LogP contribution in [0.4, 0.5) is 0 Å². The third kappa shape index (κ3) is 9.73. The number of guanidine groups is 1. The van der Waals surface area contributed by atoms with Crippen LogP contribution in [0, 0.1) is 5.92 Å². The summed E-state index contributed by atoms with van der Waals surface area (Å²) in [6, 6.07) is 0.369. The number of nitrogens with zero attached hydrogens (tertiary/aromatic N) is 2. The number of hydrogen-bond donors (Lipinski definition) is 3. The molecule has 0 aromatic heterocycles. The molecule has 2 aliphatic rings. The van der Waals surface area contributed by atoms with Gasteiger partial charge in [0.15, 0.2) is 5.96 Å². The van der Waals surface area contributed by atoms with Crippen LogP contribution in [0.15, 0.2) is 4.99 Å². The fourth-order valence-corrected chi connectivity index (χ4v) is 4.23. The minimum Gasteiger partial charge on any atom is -0.383 e. The van der Waals surface area contributed by atoms with E-state index in [1.807, 2.05) is 0 Å². The maximum Gasteiger partial charge on any atom is 0.213 e. The summed E-state index contributed by atoms with van der Waals surface area (Å²) in [5.74, 6) is 1.27. The van der Waals surface area contributed by atoms with Crippen molar-refractivity contribution < 1.29 is 13.2 Å². The Balaban J connectivity index is 0.00000364. The first-order valence-corrected chi connectivity index (χ1v) is 11.3. The highest BCUT2D eigenvalue weighted by atomic mass is 127. The van der Waals surface area contributed by atoms with Gasteiger partial charge in [-0.3, -0.25) is 4.99 Å². The molecule has 10 heteroatoms. The number of halogens is 1. The lowest BCUT2D eigenvalue weighted by Crippen LogP contribution is -2.50. The number of likely N-dealkylation sites (tertiary alicyclic amines) is 1. The highest BCUT2D eigenvalue weighted by molar-refractivity contribution is 14.0. The Morgan fingerprint density at radius 3 is 2.48 bits per heavy atom. The zero-order valence-corrected chi connectivity index (χ0v) is 19.7. The second-order valence-corrected chi connectivity index (χ2v) is 9.14. The molecule has 1 saturated carbocycles. The molecule has 27 heavy (non-hydrogen) atoms. The second-order valence-electron chi connectivity index (χ2n) is 7.22. The van der Waals surface area contributed by atoms with Crippen molar-refractivity contribution in [2.24, 2.45) is 10.9 Å². The molecular formula is C17H36IN5O3S. The third-order valence-electron chi connectivity index (χ3n) is 5.24. The predicted molar refractivity (Wildman–Crippen MR) is 120 cm³/mol. The molecule has 1 aliphatic carbocycles. The van der Waals surface area contributed by atoms with Gasteiger partial charge in [0.25, 0.3) is 0 Å². The monoisotopic (exact) mass is 517 g/mol. The maximum absolute atomic E-state index is 12.0. The third-order valence-corrected chi connectivity index (χ3v) is 6.59. The van der Waals surface area contributed by atoms with E-state index in [0.717, 1.165) is 51.9 Å². The van der Waals surface area contributed by atoms with E-state index >= 15 is 0 Å². The number of aliphatic imine (C=N–C) groups is 1. The molecule has 0 atom stereocenters. The zero-order valence-electron chi connectivity index (χ0n) is 16.6. The number of piperidine rings is 1. The van der Waals surface area contributed by atoms with Crippen LogP contribution in [0.1, 0.15) is 32.1 Å². The zero-order chi connectivity index (χ0) is 18.8. The lowest BCUT2D eigenvalue weighted by molar-refractivity contribution is 0.128. The molecule has 0 aromatic rings. The highest BCUT2D eigenvalue weighted by Crippen LogP contribution is 2.25. The quantitative estimate of drug-likeness (QED) is 0.223. The highest BCUT2D eigenvalue weighted by Gasteiger charge is 2.21. The Bertz CT molecular complexity index is 535. The standard InChI is InChI=1S/C17H35N5O3S.HI/c1-18-17(21-16-6-9-22(10-7-16)11-12-25-2)19-8-13-26(23,24)20-14-15-4-3-5-15;/h15-16,20H,3-14H2,1-2H3,(H2,18,19,21);1H. The van der Waals surface area contributed by atoms with Gasteiger partial charge in [-0.05, 0) is 31.6 Å². The molecule has 8 nitrogen and oxygen atoms in total. The molecule has 0 radical (unpaired) electrons. The average molecular weight is 517 g/mol. The average Bonchev–Trinajstić information content (AvgIpc) is 2.58. The van der Waals surface area contributed by atoms with Crippen molar-refractivity contribution >= 4 is 40.0 Å². The van der Waals surface area contributed by atoms with E-state index in [1.54, 1.807) is 14.2 Å². The minimum atomic E-state index is -3.22. The van der Waals surface area contributed by atoms with Crippen molar-refractivity contribution in [3.05, 3.63) is 0 Å². The molecule has 0 amide bonds. The Hall–Kier alpha value is -0.170. The van der Waals surface area contributed by atoms with Crippen LogP contribution in [0.3, 0.4) is 0 Å². The molecule has 1 heterocycles. The topological polar surface area (TPSA) is 95.1 Å². The molecule has 2 fully saturated rings. The summed E-state index contributed by atoms with van der Waals surface area (Å²) in [6.45, 7) is 4.75. The van der Waals surface area contributed by atoms with Gasteiger partial charge in [0, 0.05) is 52.9 Å². The molecule has 0 aromatic carbocycles. The smallest absolute Gasteiger partial charge is 0.213 e. The molecular weight excluding hydrogens is 481 g/mol. The molecule has 0 unspecified atom stereocenters. The van der Waals surface area contributed by atoms with Gasteiger partial charge in [0.2, 0.25) is 10.0 Å². The fraction of sp³-hybridized carbons (Fsp3) is 0.941. The largest absolute Gasteiger partial charge is 0.383 e. The minimum absolute atomic E-state index is 0. The van der Waals surface area contributed by atoms with Gasteiger partial charge in [-0.25, -0.2) is 13.1 Å². The van der Waals surface area contributed by atoms with Crippen molar-refractivity contribution in [1.29, 1.82) is 0 Å². The fourth-order valence-electron chi connectivity index (χ4n) is 3.23. The summed E-state index contributed by atoms with van der Waals surface area (Å²) in [4.78, 5) is 6.61. The van der Waals surface area contributed by atoms with Crippen LogP contribution < -0.4 is 15.4 Å². The van der Waals surface area contributed by atoms with E-state index < -0.39 is 10.0 Å². The van der Waals surface area contributed by atoms with Crippen LogP contribution >= 0.6 is 24.0 Å². The number of rotatable bonds is 10. The first-order chi connectivity index (χ1) is 12.5. The number of methoxy groups -OCH3 is 1. The van der Waals surface area contributed by atoms with E-state index in [1.165, 1.54) is 6.42 Å². The molecule has 2 rings (SSSR count). The van der Waals surface area contributed by atoms with Crippen molar-refractivity contribution in [2.75, 3.05) is 59.2 Å². The normalized spacial score (nSPS) is 20.0. The molecule has 1 saturated heterocycles. The molecule has 160 valence electrons. The van der Waals surface area contributed by atoms with E-state index in [2.05, 4.69) is 25.2 Å². The Labute approximate surface area is 181 Å². The Morgan fingerprint density at radius 1 is 1.22 bits per heavy atom. The van der Waals surface area contributed by atoms with E-state index in [9.17, 15) is 8.42 Å². The van der Waals surface area contributed by atoms with Gasteiger partial charge in [0.1, 0.15) is 0 Å². The van der Waals surface area contributed by atoms with Crippen LogP contribution in [0.2, 0.25) is 0 Å². The number of ether oxygens (including phenoxy) is 1. The number of sulfonamides is 1. The Morgan fingerprint density at radius 2 is 1.93 bits per heavy atom. The van der Waals surface area contributed by atoms with Gasteiger partial charge in [0.05, 0.1) is 12.4 Å². The number of nitrogens with one attached hydrogen (secondary N) is 3. The predicted octanol–water partition coefficient (Wildman–Crippen LogP) is 0.600. The second kappa shape index (κ2) is 13.1. The summed E-state index contributed by atoms with van der Waals surface area (Å²) >= 11 is 0. The summed E-state index contributed by atoms with van der Waals surface area (Å²) in [7, 11) is 0.224. The molecule has 0 bridgehead atoms. The lowest BCUT2D eigenvalue weighted by atomic mass is 9.86. The first kappa shape index (κ1) is 24.9. The van der Waals surface area contributed by atoms with Crippen molar-refractivity contribution in [2.45, 2.75) is 38.1 Å². The Kier molecular flexibility index (Phi) is 12.1. The van der Waals surface area contributed by atoms with E-state index in [4.69, 9.17) is 4.74 Å². The van der Waals surface area contributed by atoms with E-state index in [-0.39, 0.29) is 29.7 Å². The van der Waals surface area contributed by atoms with Gasteiger partial charge >= 0.3 is 0 Å².